The maximum atomic E-state index is 14.1. The second-order valence-electron chi connectivity index (χ2n) is 20.2. The van der Waals surface area contributed by atoms with E-state index < -0.39 is 48.8 Å². The van der Waals surface area contributed by atoms with Crippen LogP contribution in [0.15, 0.2) is 71.9 Å². The van der Waals surface area contributed by atoms with Crippen LogP contribution < -0.4 is 30.9 Å². The van der Waals surface area contributed by atoms with Crippen LogP contribution in [0.1, 0.15) is 98.6 Å². The molecule has 18 heteroatoms. The smallest absolute Gasteiger partial charge is 0.276 e. The predicted molar refractivity (Wildman–Crippen MR) is 262 cm³/mol. The number of imide groups is 2. The maximum absolute atomic E-state index is 14.1. The molecular formula is C52H57N11O7. The monoisotopic (exact) mass is 950 g/mol. The second kappa shape index (κ2) is 17.3. The molecule has 70 heavy (non-hydrogen) atoms. The van der Waals surface area contributed by atoms with Crippen LogP contribution in [0.5, 0.6) is 0 Å². The van der Waals surface area contributed by atoms with E-state index in [2.05, 4.69) is 60.6 Å². The van der Waals surface area contributed by atoms with Crippen molar-refractivity contribution in [2.24, 2.45) is 12.4 Å². The summed E-state index contributed by atoms with van der Waals surface area (Å²) in [6.07, 6.45) is 8.26. The Morgan fingerprint density at radius 1 is 0.843 bits per heavy atom. The van der Waals surface area contributed by atoms with Crippen LogP contribution in [-0.2, 0) is 42.6 Å². The fourth-order valence-electron chi connectivity index (χ4n) is 11.7. The predicted octanol–water partition coefficient (Wildman–Crippen LogP) is 4.25. The topological polar surface area (TPSA) is 199 Å². The lowest BCUT2D eigenvalue weighted by Gasteiger charge is -2.46. The highest BCUT2D eigenvalue weighted by molar-refractivity contribution is 6.23. The quantitative estimate of drug-likeness (QED) is 0.178. The number of fused-ring (bicyclic) bond motifs is 4. The number of aliphatic hydroxyl groups is 1. The lowest BCUT2D eigenvalue weighted by Crippen LogP contribution is -2.57. The van der Waals surface area contributed by atoms with Gasteiger partial charge < -0.3 is 29.4 Å². The van der Waals surface area contributed by atoms with Gasteiger partial charge in [-0.1, -0.05) is 13.8 Å². The van der Waals surface area contributed by atoms with Crippen molar-refractivity contribution in [2.75, 3.05) is 59.3 Å². The zero-order valence-electron chi connectivity index (χ0n) is 42.4. The molecule has 1 aliphatic carbocycles. The van der Waals surface area contributed by atoms with Gasteiger partial charge in [0.15, 0.2) is 0 Å². The molecule has 5 aliphatic heterocycles. The van der Waals surface area contributed by atoms with Crippen molar-refractivity contribution < 1.29 is 33.2 Å². The summed E-state index contributed by atoms with van der Waals surface area (Å²) in [5.74, 6) is -1.72. The highest BCUT2D eigenvalue weighted by atomic mass is 16.3. The zero-order chi connectivity index (χ0) is 51.2. The molecule has 11 rings (SSSR count). The first-order chi connectivity index (χ1) is 34.9. The third kappa shape index (κ3) is 7.82. The number of nitrogens with zero attached hydrogens (tertiary/aromatic N) is 9. The Hall–Kier alpha value is -7.18. The number of carbonyl (C=O) groups is 5. The number of hydrogen-bond donors (Lipinski definition) is 3. The van der Waals surface area contributed by atoms with Gasteiger partial charge in [0.1, 0.15) is 29.1 Å². The third-order valence-electron chi connectivity index (χ3n) is 15.2. The Balaban J connectivity index is 0.744. The summed E-state index contributed by atoms with van der Waals surface area (Å²) in [6, 6.07) is 13.6. The standard InChI is InChI=1S/C52H57N11O7/c1-30-27-59(33-12-15-58(16-13-33)34-5-7-37-38(23-34)49(68)63(48(37)67)41-8-10-45(65)56-47(41)66)17-18-60(30)35-6-9-44(54-26-35)55-40-21-32(28-57(4)50(40)69)36-11-14-53-46(39(36)29-64)62-20-19-61-42(51(62)70)22-31-24-52(2,3)25-43(31)61/h5-7,9,11,14,21-23,26,28,30,33,41,64H,8,10,12-13,15-20,24-25,27,29H2,1-4H3,(H,54,55)(H,56,65,66)/t30-,41?/m0/s1/i4D3. The number of piperidine rings is 2. The molecule has 4 aromatic heterocycles. The van der Waals surface area contributed by atoms with Gasteiger partial charge in [-0.15, -0.1) is 0 Å². The van der Waals surface area contributed by atoms with Crippen LogP contribution >= 0.6 is 0 Å². The molecule has 1 unspecified atom stereocenters. The molecule has 0 bridgehead atoms. The van der Waals surface area contributed by atoms with Crippen LogP contribution in [0.25, 0.3) is 11.1 Å². The summed E-state index contributed by atoms with van der Waals surface area (Å²) in [4.78, 5) is 97.6. The lowest BCUT2D eigenvalue weighted by molar-refractivity contribution is -0.136. The lowest BCUT2D eigenvalue weighted by atomic mass is 9.90. The number of aromatic nitrogens is 4. The molecule has 9 heterocycles. The number of anilines is 5. The van der Waals surface area contributed by atoms with Gasteiger partial charge in [-0.3, -0.25) is 48.8 Å². The molecule has 0 spiro atoms. The van der Waals surface area contributed by atoms with Crippen molar-refractivity contribution >= 4 is 58.2 Å². The Morgan fingerprint density at radius 2 is 1.64 bits per heavy atom. The minimum atomic E-state index is -2.84. The van der Waals surface area contributed by atoms with Crippen LogP contribution in [-0.4, -0.2) is 121 Å². The number of nitrogens with one attached hydrogen (secondary N) is 2. The van der Waals surface area contributed by atoms with E-state index in [0.29, 0.717) is 51.9 Å². The van der Waals surface area contributed by atoms with Gasteiger partial charge in [-0.05, 0) is 104 Å². The van der Waals surface area contributed by atoms with Crippen molar-refractivity contribution in [1.82, 2.24) is 34.2 Å². The van der Waals surface area contributed by atoms with Crippen LogP contribution in [0.4, 0.5) is 28.7 Å². The highest BCUT2D eigenvalue weighted by Gasteiger charge is 2.45. The van der Waals surface area contributed by atoms with Crippen LogP contribution in [0.3, 0.4) is 0 Å². The number of pyridine rings is 3. The Morgan fingerprint density at radius 3 is 2.39 bits per heavy atom. The van der Waals surface area contributed by atoms with E-state index in [1.54, 1.807) is 35.4 Å². The van der Waals surface area contributed by atoms with E-state index >= 15 is 0 Å². The van der Waals surface area contributed by atoms with E-state index in [1.807, 2.05) is 18.2 Å². The molecule has 0 radical (unpaired) electrons. The molecular weight excluding hydrogens is 891 g/mol. The van der Waals surface area contributed by atoms with Gasteiger partial charge in [0.05, 0.1) is 29.6 Å². The zero-order valence-corrected chi connectivity index (χ0v) is 39.4. The van der Waals surface area contributed by atoms with Gasteiger partial charge in [-0.25, -0.2) is 9.97 Å². The SMILES string of the molecule is [2H]C([2H])([2H])n1cc(-c2ccnc(N3CCn4c(cc5c4CC(C)(C)C5)C3=O)c2CO)cc(Nc2ccc(N3CCN(C4CCN(c5ccc6c(c5)C(=O)N(C5CCC(=O)NC5=O)C6=O)CC4)C[C@@H]3C)cn2)c1=O. The minimum Gasteiger partial charge on any atom is -0.392 e. The number of aliphatic hydroxyl groups excluding tert-OH is 1. The van der Waals surface area contributed by atoms with Crippen molar-refractivity contribution in [1.29, 1.82) is 0 Å². The van der Waals surface area contributed by atoms with Crippen LogP contribution in [0.2, 0.25) is 0 Å². The summed E-state index contributed by atoms with van der Waals surface area (Å²) in [6.45, 7) is 8.11. The van der Waals surface area contributed by atoms with Gasteiger partial charge >= 0.3 is 0 Å². The van der Waals surface area contributed by atoms with E-state index in [-0.39, 0.29) is 52.8 Å². The summed E-state index contributed by atoms with van der Waals surface area (Å²) >= 11 is 0. The first-order valence-corrected chi connectivity index (χ1v) is 24.1. The van der Waals surface area contributed by atoms with Gasteiger partial charge in [0, 0.05) is 110 Å². The summed E-state index contributed by atoms with van der Waals surface area (Å²) in [5, 5.41) is 16.2. The molecule has 2 atom stereocenters. The Bertz CT molecular complexity index is 3180. The number of amides is 5. The van der Waals surface area contributed by atoms with E-state index in [9.17, 15) is 33.9 Å². The van der Waals surface area contributed by atoms with Crippen LogP contribution in [0, 0.1) is 5.41 Å². The number of piperazine rings is 1. The molecule has 18 nitrogen and oxygen atoms in total. The molecule has 5 aromatic rings. The molecule has 5 amide bonds. The van der Waals surface area contributed by atoms with Gasteiger partial charge in [0.25, 0.3) is 23.3 Å². The molecule has 1 aromatic carbocycles. The second-order valence-corrected chi connectivity index (χ2v) is 20.2. The van der Waals surface area contributed by atoms with Gasteiger partial charge in [0.2, 0.25) is 11.8 Å². The minimum absolute atomic E-state index is 0.0374. The van der Waals surface area contributed by atoms with E-state index in [4.69, 9.17) is 4.11 Å². The number of hydrogen-bond acceptors (Lipinski definition) is 13. The van der Waals surface area contributed by atoms with Crippen molar-refractivity contribution in [2.45, 2.75) is 90.6 Å². The molecule has 3 saturated heterocycles. The molecule has 3 N–H and O–H groups in total. The number of carbonyl (C=O) groups excluding carboxylic acids is 5. The molecule has 362 valence electrons. The molecule has 0 saturated carbocycles. The van der Waals surface area contributed by atoms with Crippen molar-refractivity contribution in [3.05, 3.63) is 111 Å². The first-order valence-electron chi connectivity index (χ1n) is 25.6. The number of rotatable bonds is 9. The summed E-state index contributed by atoms with van der Waals surface area (Å²) in [7, 11) is 0. The van der Waals surface area contributed by atoms with Gasteiger partial charge in [-0.2, -0.15) is 0 Å². The Labute approximate surface area is 409 Å². The van der Waals surface area contributed by atoms with Crippen molar-refractivity contribution in [3.8, 4) is 11.1 Å². The van der Waals surface area contributed by atoms with E-state index in [1.165, 1.54) is 29.7 Å². The average molecular weight is 951 g/mol. The fourth-order valence-corrected chi connectivity index (χ4v) is 11.7. The normalized spacial score (nSPS) is 22.4. The maximum Gasteiger partial charge on any atom is 0.276 e. The molecule has 6 aliphatic rings. The first kappa shape index (κ1) is 41.8. The Kier molecular flexibility index (Phi) is 10.3. The highest BCUT2D eigenvalue weighted by Crippen LogP contribution is 2.41. The largest absolute Gasteiger partial charge is 0.392 e. The van der Waals surface area contributed by atoms with E-state index in [0.717, 1.165) is 74.7 Å². The fraction of sp³-hybridized carbons (Fsp3) is 0.423. The summed E-state index contributed by atoms with van der Waals surface area (Å²) < 4.78 is 27.6. The third-order valence-corrected chi connectivity index (χ3v) is 15.2. The molecule has 3 fully saturated rings. The number of benzene rings is 1. The number of aryl methyl sites for hydroxylation is 1. The van der Waals surface area contributed by atoms with Crippen molar-refractivity contribution in [3.63, 3.8) is 0 Å². The summed E-state index contributed by atoms with van der Waals surface area (Å²) in [5.41, 5.74) is 5.59. The average Bonchev–Trinajstić information content (AvgIpc) is 3.95.